The van der Waals surface area contributed by atoms with Crippen LogP contribution in [0.25, 0.3) is 10.4 Å². The van der Waals surface area contributed by atoms with E-state index in [1.165, 1.54) is 24.0 Å². The third-order valence-corrected chi connectivity index (χ3v) is 6.23. The van der Waals surface area contributed by atoms with Gasteiger partial charge in [0.2, 0.25) is 0 Å². The molecular formula is C26H22N2O2S2. The van der Waals surface area contributed by atoms with Gasteiger partial charge < -0.3 is 15.4 Å². The Morgan fingerprint density at radius 2 is 1.56 bits per heavy atom. The summed E-state index contributed by atoms with van der Waals surface area (Å²) < 4.78 is 4.98. The number of carbonyl (C=O) groups excluding carboxylic acids is 1. The molecule has 32 heavy (non-hydrogen) atoms. The molecule has 0 saturated carbocycles. The molecule has 1 aromatic heterocycles. The maximum Gasteiger partial charge on any atom is 0.340 e. The molecule has 0 spiro atoms. The Hall–Kier alpha value is -3.48. The van der Waals surface area contributed by atoms with E-state index in [1.54, 1.807) is 0 Å². The number of hydrogen-bond donors (Lipinski definition) is 2. The molecule has 0 aliphatic heterocycles. The van der Waals surface area contributed by atoms with Crippen molar-refractivity contribution in [1.82, 2.24) is 0 Å². The molecule has 0 amide bonds. The third kappa shape index (κ3) is 5.22. The Kier molecular flexibility index (Phi) is 6.94. The minimum atomic E-state index is -0.404. The number of methoxy groups -OCH3 is 1. The van der Waals surface area contributed by atoms with Crippen molar-refractivity contribution in [3.63, 3.8) is 0 Å². The molecule has 0 unspecified atom stereocenters. The predicted molar refractivity (Wildman–Crippen MR) is 137 cm³/mol. The highest BCUT2D eigenvalue weighted by Crippen LogP contribution is 2.36. The van der Waals surface area contributed by atoms with Gasteiger partial charge in [-0.25, -0.2) is 4.79 Å². The summed E-state index contributed by atoms with van der Waals surface area (Å²) in [6.45, 7) is 0. The molecule has 3 aromatic carbocycles. The van der Waals surface area contributed by atoms with Crippen molar-refractivity contribution in [2.24, 2.45) is 0 Å². The zero-order chi connectivity index (χ0) is 22.3. The normalized spacial score (nSPS) is 10.4. The predicted octanol–water partition coefficient (Wildman–Crippen LogP) is 6.60. The number of hydrogen-bond acceptors (Lipinski definition) is 4. The monoisotopic (exact) mass is 458 g/mol. The van der Waals surface area contributed by atoms with Gasteiger partial charge in [0.1, 0.15) is 5.00 Å². The van der Waals surface area contributed by atoms with Gasteiger partial charge in [-0.1, -0.05) is 78.9 Å². The SMILES string of the molecule is COC(=O)c1cc(-c2ccccc2)sc1NC(=S)Nc1ccccc1Cc1ccccc1. The van der Waals surface area contributed by atoms with Crippen molar-refractivity contribution in [3.05, 3.63) is 108 Å². The van der Waals surface area contributed by atoms with Crippen molar-refractivity contribution in [2.45, 2.75) is 6.42 Å². The number of thiocarbonyl (C=S) groups is 1. The summed E-state index contributed by atoms with van der Waals surface area (Å²) in [6.07, 6.45) is 0.789. The number of esters is 1. The van der Waals surface area contributed by atoms with Gasteiger partial charge in [0, 0.05) is 10.6 Å². The summed E-state index contributed by atoms with van der Waals surface area (Å²) in [6, 6.07) is 30.1. The van der Waals surface area contributed by atoms with Crippen LogP contribution in [0.5, 0.6) is 0 Å². The Balaban J connectivity index is 1.55. The van der Waals surface area contributed by atoms with E-state index in [9.17, 15) is 4.79 Å². The number of carbonyl (C=O) groups is 1. The Bertz CT molecular complexity index is 1220. The number of rotatable bonds is 6. The second-order valence-electron chi connectivity index (χ2n) is 7.11. The molecule has 0 saturated heterocycles. The molecule has 4 nitrogen and oxygen atoms in total. The van der Waals surface area contributed by atoms with Crippen LogP contribution in [-0.4, -0.2) is 18.2 Å². The van der Waals surface area contributed by atoms with Crippen molar-refractivity contribution < 1.29 is 9.53 Å². The maximum atomic E-state index is 12.4. The number of thiophene rings is 1. The highest BCUT2D eigenvalue weighted by atomic mass is 32.1. The quantitative estimate of drug-likeness (QED) is 0.252. The third-order valence-electron chi connectivity index (χ3n) is 4.93. The second kappa shape index (κ2) is 10.2. The van der Waals surface area contributed by atoms with Crippen LogP contribution < -0.4 is 10.6 Å². The van der Waals surface area contributed by atoms with Gasteiger partial charge >= 0.3 is 5.97 Å². The first-order valence-corrected chi connectivity index (χ1v) is 11.3. The number of para-hydroxylation sites is 1. The fourth-order valence-corrected chi connectivity index (χ4v) is 4.69. The van der Waals surface area contributed by atoms with E-state index < -0.39 is 5.97 Å². The minimum Gasteiger partial charge on any atom is -0.465 e. The van der Waals surface area contributed by atoms with E-state index in [-0.39, 0.29) is 0 Å². The molecular weight excluding hydrogens is 436 g/mol. The number of nitrogens with one attached hydrogen (secondary N) is 2. The van der Waals surface area contributed by atoms with E-state index in [4.69, 9.17) is 17.0 Å². The molecule has 6 heteroatoms. The Morgan fingerprint density at radius 3 is 2.28 bits per heavy atom. The summed E-state index contributed by atoms with van der Waals surface area (Å²) in [5.41, 5.74) is 4.76. The van der Waals surface area contributed by atoms with Gasteiger partial charge in [0.25, 0.3) is 0 Å². The standard InChI is InChI=1S/C26H22N2O2S2/c1-30-25(29)21-17-23(19-12-6-3-7-13-19)32-24(21)28-26(31)27-22-15-9-8-14-20(22)16-18-10-4-2-5-11-18/h2-15,17H,16H2,1H3,(H2,27,28,31). The number of benzene rings is 3. The molecule has 0 bridgehead atoms. The minimum absolute atomic E-state index is 0.404. The fraction of sp³-hybridized carbons (Fsp3) is 0.0769. The summed E-state index contributed by atoms with van der Waals surface area (Å²) in [5.74, 6) is -0.404. The molecule has 0 aliphatic rings. The van der Waals surface area contributed by atoms with Crippen LogP contribution >= 0.6 is 23.6 Å². The average molecular weight is 459 g/mol. The average Bonchev–Trinajstić information content (AvgIpc) is 3.24. The highest BCUT2D eigenvalue weighted by molar-refractivity contribution is 7.80. The highest BCUT2D eigenvalue weighted by Gasteiger charge is 2.18. The Labute approximate surface area is 196 Å². The maximum absolute atomic E-state index is 12.4. The first-order valence-electron chi connectivity index (χ1n) is 10.1. The lowest BCUT2D eigenvalue weighted by atomic mass is 10.0. The zero-order valence-corrected chi connectivity index (χ0v) is 19.1. The van der Waals surface area contributed by atoms with Gasteiger partial charge in [-0.2, -0.15) is 0 Å². The van der Waals surface area contributed by atoms with Gasteiger partial charge in [-0.3, -0.25) is 0 Å². The summed E-state index contributed by atoms with van der Waals surface area (Å²) in [4.78, 5) is 13.3. The van der Waals surface area contributed by atoms with Gasteiger partial charge in [0.15, 0.2) is 5.11 Å². The van der Waals surface area contributed by atoms with Gasteiger partial charge in [0.05, 0.1) is 12.7 Å². The van der Waals surface area contributed by atoms with E-state index in [1.807, 2.05) is 72.8 Å². The fourth-order valence-electron chi connectivity index (χ4n) is 3.36. The van der Waals surface area contributed by atoms with Crippen LogP contribution in [0.3, 0.4) is 0 Å². The van der Waals surface area contributed by atoms with Gasteiger partial charge in [-0.05, 0) is 47.5 Å². The van der Waals surface area contributed by atoms with Gasteiger partial charge in [-0.15, -0.1) is 11.3 Å². The van der Waals surface area contributed by atoms with E-state index in [2.05, 4.69) is 28.8 Å². The van der Waals surface area contributed by atoms with E-state index >= 15 is 0 Å². The summed E-state index contributed by atoms with van der Waals surface area (Å²) >= 11 is 7.05. The molecule has 0 radical (unpaired) electrons. The first kappa shape index (κ1) is 21.7. The lowest BCUT2D eigenvalue weighted by Gasteiger charge is -2.14. The van der Waals surface area contributed by atoms with E-state index in [0.717, 1.165) is 28.1 Å². The lowest BCUT2D eigenvalue weighted by Crippen LogP contribution is -2.20. The zero-order valence-electron chi connectivity index (χ0n) is 17.5. The number of ether oxygens (including phenoxy) is 1. The summed E-state index contributed by atoms with van der Waals surface area (Å²) in [7, 11) is 1.38. The van der Waals surface area contributed by atoms with Crippen molar-refractivity contribution in [1.29, 1.82) is 0 Å². The Morgan fingerprint density at radius 1 is 0.906 bits per heavy atom. The van der Waals surface area contributed by atoms with Crippen LogP contribution in [0.4, 0.5) is 10.7 Å². The van der Waals surface area contributed by atoms with Crippen molar-refractivity contribution in [3.8, 4) is 10.4 Å². The van der Waals surface area contributed by atoms with Crippen molar-refractivity contribution >= 4 is 45.3 Å². The molecule has 2 N–H and O–H groups in total. The molecule has 0 atom stereocenters. The number of anilines is 2. The molecule has 4 rings (SSSR count). The van der Waals surface area contributed by atoms with Crippen LogP contribution in [0.15, 0.2) is 91.0 Å². The molecule has 4 aromatic rings. The largest absolute Gasteiger partial charge is 0.465 e. The second-order valence-corrected chi connectivity index (χ2v) is 8.57. The molecule has 0 fully saturated rings. The smallest absolute Gasteiger partial charge is 0.340 e. The van der Waals surface area contributed by atoms with E-state index in [0.29, 0.717) is 15.7 Å². The molecule has 1 heterocycles. The van der Waals surface area contributed by atoms with Crippen LogP contribution in [0, 0.1) is 0 Å². The van der Waals surface area contributed by atoms with Crippen LogP contribution in [-0.2, 0) is 11.2 Å². The van der Waals surface area contributed by atoms with Crippen molar-refractivity contribution in [2.75, 3.05) is 17.7 Å². The topological polar surface area (TPSA) is 50.4 Å². The molecule has 160 valence electrons. The van der Waals surface area contributed by atoms with Crippen LogP contribution in [0.2, 0.25) is 0 Å². The summed E-state index contributed by atoms with van der Waals surface area (Å²) in [5, 5.41) is 7.54. The molecule has 0 aliphatic carbocycles. The lowest BCUT2D eigenvalue weighted by molar-refractivity contribution is 0.0602. The first-order chi connectivity index (χ1) is 15.6. The van der Waals surface area contributed by atoms with Crippen LogP contribution in [0.1, 0.15) is 21.5 Å².